The van der Waals surface area contributed by atoms with Crippen LogP contribution in [-0.2, 0) is 17.8 Å². The van der Waals surface area contributed by atoms with Gasteiger partial charge in [0.2, 0.25) is 0 Å². The van der Waals surface area contributed by atoms with Gasteiger partial charge in [-0.1, -0.05) is 29.8 Å². The fraction of sp³-hybridized carbons (Fsp3) is 0.474. The number of nitrogens with zero attached hydrogens (tertiary/aromatic N) is 1. The van der Waals surface area contributed by atoms with E-state index in [1.54, 1.807) is 7.11 Å². The van der Waals surface area contributed by atoms with E-state index >= 15 is 0 Å². The quantitative estimate of drug-likeness (QED) is 0.754. The Kier molecular flexibility index (Phi) is 6.22. The van der Waals surface area contributed by atoms with Crippen molar-refractivity contribution in [2.24, 2.45) is 0 Å². The van der Waals surface area contributed by atoms with Gasteiger partial charge in [0.25, 0.3) is 0 Å². The monoisotopic (exact) mass is 300 g/mol. The SMILES string of the molecule is COCCCNCc1cc(C)n(Cc2ccc(C)cc2)c1C. The molecule has 0 unspecified atom stereocenters. The van der Waals surface area contributed by atoms with Gasteiger partial charge in [-0.3, -0.25) is 0 Å². The van der Waals surface area contributed by atoms with Gasteiger partial charge in [0.1, 0.15) is 0 Å². The molecule has 0 aliphatic rings. The van der Waals surface area contributed by atoms with Gasteiger partial charge in [0, 0.05) is 38.2 Å². The Morgan fingerprint density at radius 2 is 1.82 bits per heavy atom. The van der Waals surface area contributed by atoms with E-state index < -0.39 is 0 Å². The zero-order chi connectivity index (χ0) is 15.9. The van der Waals surface area contributed by atoms with Crippen molar-refractivity contribution < 1.29 is 4.74 Å². The normalized spacial score (nSPS) is 11.1. The van der Waals surface area contributed by atoms with E-state index in [1.807, 2.05) is 0 Å². The molecule has 0 atom stereocenters. The first-order chi connectivity index (χ1) is 10.6. The zero-order valence-electron chi connectivity index (χ0n) is 14.3. The lowest BCUT2D eigenvalue weighted by Crippen LogP contribution is -2.16. The van der Waals surface area contributed by atoms with Gasteiger partial charge < -0.3 is 14.6 Å². The van der Waals surface area contributed by atoms with Gasteiger partial charge in [-0.15, -0.1) is 0 Å². The summed E-state index contributed by atoms with van der Waals surface area (Å²) in [6.07, 6.45) is 1.05. The molecule has 0 saturated heterocycles. The number of ether oxygens (including phenoxy) is 1. The highest BCUT2D eigenvalue weighted by molar-refractivity contribution is 5.29. The molecule has 3 nitrogen and oxygen atoms in total. The third-order valence-corrected chi connectivity index (χ3v) is 4.16. The van der Waals surface area contributed by atoms with Crippen molar-refractivity contribution in [3.05, 3.63) is 58.4 Å². The maximum Gasteiger partial charge on any atom is 0.0475 e. The van der Waals surface area contributed by atoms with E-state index in [9.17, 15) is 0 Å². The second-order valence-electron chi connectivity index (χ2n) is 5.99. The molecule has 120 valence electrons. The van der Waals surface area contributed by atoms with E-state index in [0.717, 1.165) is 32.7 Å². The summed E-state index contributed by atoms with van der Waals surface area (Å²) in [6, 6.07) is 11.1. The van der Waals surface area contributed by atoms with E-state index in [0.29, 0.717) is 0 Å². The van der Waals surface area contributed by atoms with Crippen molar-refractivity contribution in [2.45, 2.75) is 40.3 Å². The number of hydrogen-bond acceptors (Lipinski definition) is 2. The molecule has 0 saturated carbocycles. The summed E-state index contributed by atoms with van der Waals surface area (Å²) in [5.74, 6) is 0. The average molecular weight is 300 g/mol. The van der Waals surface area contributed by atoms with Crippen molar-refractivity contribution in [3.63, 3.8) is 0 Å². The van der Waals surface area contributed by atoms with E-state index in [-0.39, 0.29) is 0 Å². The molecule has 0 spiro atoms. The lowest BCUT2D eigenvalue weighted by molar-refractivity contribution is 0.194. The number of methoxy groups -OCH3 is 1. The summed E-state index contributed by atoms with van der Waals surface area (Å²) in [5, 5.41) is 3.50. The van der Waals surface area contributed by atoms with E-state index in [2.05, 4.69) is 61.0 Å². The predicted molar refractivity (Wildman–Crippen MR) is 92.4 cm³/mol. The minimum atomic E-state index is 0.819. The Hall–Kier alpha value is -1.58. The summed E-state index contributed by atoms with van der Waals surface area (Å²) in [5.41, 5.74) is 6.74. The Morgan fingerprint density at radius 3 is 2.50 bits per heavy atom. The van der Waals surface area contributed by atoms with E-state index in [1.165, 1.54) is 28.1 Å². The minimum absolute atomic E-state index is 0.819. The number of benzene rings is 1. The van der Waals surface area contributed by atoms with Crippen LogP contribution in [0.3, 0.4) is 0 Å². The Balaban J connectivity index is 1.99. The van der Waals surface area contributed by atoms with Crippen LogP contribution in [0.2, 0.25) is 0 Å². The van der Waals surface area contributed by atoms with Crippen LogP contribution in [0.5, 0.6) is 0 Å². The maximum absolute atomic E-state index is 5.07. The molecule has 0 fully saturated rings. The third kappa shape index (κ3) is 4.46. The number of hydrogen-bond donors (Lipinski definition) is 1. The smallest absolute Gasteiger partial charge is 0.0475 e. The molecule has 0 aliphatic carbocycles. The zero-order valence-corrected chi connectivity index (χ0v) is 14.3. The summed E-state index contributed by atoms with van der Waals surface area (Å²) in [4.78, 5) is 0. The molecule has 2 rings (SSSR count). The van der Waals surface area contributed by atoms with Crippen LogP contribution in [0, 0.1) is 20.8 Å². The third-order valence-electron chi connectivity index (χ3n) is 4.16. The largest absolute Gasteiger partial charge is 0.385 e. The Morgan fingerprint density at radius 1 is 1.09 bits per heavy atom. The fourth-order valence-corrected chi connectivity index (χ4v) is 2.74. The first kappa shape index (κ1) is 16.8. The maximum atomic E-state index is 5.07. The predicted octanol–water partition coefficient (Wildman–Crippen LogP) is 3.59. The number of aryl methyl sites for hydroxylation is 2. The first-order valence-corrected chi connectivity index (χ1v) is 8.02. The number of nitrogens with one attached hydrogen (secondary N) is 1. The van der Waals surface area contributed by atoms with Crippen LogP contribution in [-0.4, -0.2) is 24.8 Å². The van der Waals surface area contributed by atoms with Crippen molar-refractivity contribution in [1.29, 1.82) is 0 Å². The van der Waals surface area contributed by atoms with Crippen molar-refractivity contribution in [3.8, 4) is 0 Å². The molecule has 0 amide bonds. The Labute approximate surface area is 134 Å². The van der Waals surface area contributed by atoms with Crippen molar-refractivity contribution >= 4 is 0 Å². The lowest BCUT2D eigenvalue weighted by Gasteiger charge is -2.11. The summed E-state index contributed by atoms with van der Waals surface area (Å²) in [6.45, 7) is 10.2. The van der Waals surface area contributed by atoms with Gasteiger partial charge in [-0.05, 0) is 50.9 Å². The van der Waals surface area contributed by atoms with Gasteiger partial charge in [-0.25, -0.2) is 0 Å². The van der Waals surface area contributed by atoms with Crippen LogP contribution in [0.1, 0.15) is 34.5 Å². The van der Waals surface area contributed by atoms with E-state index in [4.69, 9.17) is 4.74 Å². The molecule has 3 heteroatoms. The second-order valence-corrected chi connectivity index (χ2v) is 5.99. The molecule has 1 heterocycles. The number of rotatable bonds is 8. The van der Waals surface area contributed by atoms with Crippen LogP contribution in [0.25, 0.3) is 0 Å². The van der Waals surface area contributed by atoms with Crippen LogP contribution in [0.15, 0.2) is 30.3 Å². The van der Waals surface area contributed by atoms with Crippen LogP contribution in [0.4, 0.5) is 0 Å². The van der Waals surface area contributed by atoms with Gasteiger partial charge in [0.05, 0.1) is 0 Å². The summed E-state index contributed by atoms with van der Waals surface area (Å²) < 4.78 is 7.47. The molecule has 0 bridgehead atoms. The summed E-state index contributed by atoms with van der Waals surface area (Å²) >= 11 is 0. The molecular weight excluding hydrogens is 272 g/mol. The van der Waals surface area contributed by atoms with Gasteiger partial charge in [0.15, 0.2) is 0 Å². The van der Waals surface area contributed by atoms with Crippen LogP contribution >= 0.6 is 0 Å². The molecule has 2 aromatic rings. The first-order valence-electron chi connectivity index (χ1n) is 8.02. The highest BCUT2D eigenvalue weighted by Crippen LogP contribution is 2.17. The van der Waals surface area contributed by atoms with Crippen molar-refractivity contribution in [1.82, 2.24) is 9.88 Å². The molecule has 0 radical (unpaired) electrons. The molecule has 1 aromatic heterocycles. The molecule has 1 aromatic carbocycles. The Bertz CT molecular complexity index is 584. The molecule has 0 aliphatic heterocycles. The highest BCUT2D eigenvalue weighted by atomic mass is 16.5. The fourth-order valence-electron chi connectivity index (χ4n) is 2.74. The van der Waals surface area contributed by atoms with Gasteiger partial charge in [-0.2, -0.15) is 0 Å². The van der Waals surface area contributed by atoms with Crippen molar-refractivity contribution in [2.75, 3.05) is 20.3 Å². The standard InChI is InChI=1S/C19H28N2O/c1-15-6-8-18(9-7-15)14-21-16(2)12-19(17(21)3)13-20-10-5-11-22-4/h6-9,12,20H,5,10-11,13-14H2,1-4H3. The molecule has 22 heavy (non-hydrogen) atoms. The second kappa shape index (κ2) is 8.16. The lowest BCUT2D eigenvalue weighted by atomic mass is 10.1. The van der Waals surface area contributed by atoms with Gasteiger partial charge >= 0.3 is 0 Å². The summed E-state index contributed by atoms with van der Waals surface area (Å²) in [7, 11) is 1.75. The molecular formula is C19H28N2O. The minimum Gasteiger partial charge on any atom is -0.385 e. The topological polar surface area (TPSA) is 26.2 Å². The average Bonchev–Trinajstić information content (AvgIpc) is 2.77. The van der Waals surface area contributed by atoms with Crippen LogP contribution < -0.4 is 5.32 Å². The molecule has 1 N–H and O–H groups in total. The highest BCUT2D eigenvalue weighted by Gasteiger charge is 2.09. The number of aromatic nitrogens is 1.